The van der Waals surface area contributed by atoms with Crippen molar-refractivity contribution in [2.75, 3.05) is 10.6 Å². The Kier molecular flexibility index (Phi) is 5.24. The highest BCUT2D eigenvalue weighted by Crippen LogP contribution is 2.24. The van der Waals surface area contributed by atoms with Gasteiger partial charge in [0.05, 0.1) is 0 Å². The van der Waals surface area contributed by atoms with Gasteiger partial charge in [0.15, 0.2) is 0 Å². The van der Waals surface area contributed by atoms with Gasteiger partial charge in [0.1, 0.15) is 5.82 Å². The second-order valence-corrected chi connectivity index (χ2v) is 7.12. The van der Waals surface area contributed by atoms with Gasteiger partial charge >= 0.3 is 0 Å². The molecule has 0 bridgehead atoms. The molecule has 2 rings (SSSR count). The van der Waals surface area contributed by atoms with Gasteiger partial charge in [0.25, 0.3) is 0 Å². The van der Waals surface area contributed by atoms with E-state index in [1.807, 2.05) is 13.0 Å². The van der Waals surface area contributed by atoms with Crippen molar-refractivity contribution in [3.8, 4) is 0 Å². The zero-order valence-corrected chi connectivity index (χ0v) is 15.1. The minimum atomic E-state index is 0.158. The summed E-state index contributed by atoms with van der Waals surface area (Å²) >= 11 is 0. The molecule has 0 aliphatic carbocycles. The van der Waals surface area contributed by atoms with Gasteiger partial charge in [-0.05, 0) is 43.4 Å². The topological polar surface area (TPSA) is 49.8 Å². The molecule has 0 aliphatic heterocycles. The van der Waals surface area contributed by atoms with Crippen molar-refractivity contribution in [1.29, 1.82) is 0 Å². The molecule has 1 unspecified atom stereocenters. The van der Waals surface area contributed by atoms with Crippen LogP contribution >= 0.6 is 0 Å². The Morgan fingerprint density at radius 3 is 2.30 bits per heavy atom. The minimum Gasteiger partial charge on any atom is -0.367 e. The molecule has 1 atom stereocenters. The number of aromatic nitrogens is 2. The third-order valence-electron chi connectivity index (χ3n) is 3.87. The molecule has 0 amide bonds. The summed E-state index contributed by atoms with van der Waals surface area (Å²) in [5, 5.41) is 6.69. The highest BCUT2D eigenvalue weighted by molar-refractivity contribution is 5.56. The van der Waals surface area contributed by atoms with Gasteiger partial charge < -0.3 is 10.6 Å². The lowest BCUT2D eigenvalue weighted by atomic mass is 9.87. The molecule has 1 heterocycles. The third-order valence-corrected chi connectivity index (χ3v) is 3.87. The zero-order chi connectivity index (χ0) is 17.0. The second-order valence-electron chi connectivity index (χ2n) is 7.12. The van der Waals surface area contributed by atoms with Crippen molar-refractivity contribution in [2.45, 2.75) is 59.4 Å². The van der Waals surface area contributed by atoms with Gasteiger partial charge in [0.2, 0.25) is 5.95 Å². The fraction of sp³-hybridized carbons (Fsp3) is 0.474. The molecule has 23 heavy (non-hydrogen) atoms. The molecule has 4 heteroatoms. The van der Waals surface area contributed by atoms with Gasteiger partial charge in [0, 0.05) is 23.5 Å². The van der Waals surface area contributed by atoms with Crippen LogP contribution in [0.15, 0.2) is 30.3 Å². The lowest BCUT2D eigenvalue weighted by Gasteiger charge is -2.19. The molecule has 1 aromatic carbocycles. The predicted molar refractivity (Wildman–Crippen MR) is 98.6 cm³/mol. The number of aryl methyl sites for hydroxylation is 1. The average Bonchev–Trinajstić information content (AvgIpc) is 2.46. The molecule has 2 N–H and O–H groups in total. The molecule has 4 nitrogen and oxygen atoms in total. The van der Waals surface area contributed by atoms with E-state index < -0.39 is 0 Å². The van der Waals surface area contributed by atoms with E-state index in [0.717, 1.165) is 23.6 Å². The molecule has 124 valence electrons. The van der Waals surface area contributed by atoms with Crippen LogP contribution in [0.25, 0.3) is 0 Å². The van der Waals surface area contributed by atoms with E-state index in [2.05, 4.69) is 79.5 Å². The summed E-state index contributed by atoms with van der Waals surface area (Å²) in [6.45, 7) is 12.9. The second kappa shape index (κ2) is 6.99. The standard InChI is InChI=1S/C19H28N4/c1-7-13(2)20-17-12-14(3)21-18(23-17)22-16-10-8-15(9-11-16)19(4,5)6/h8-13H,7H2,1-6H3,(H2,20,21,22,23). The number of hydrogen-bond acceptors (Lipinski definition) is 4. The van der Waals surface area contributed by atoms with Crippen molar-refractivity contribution >= 4 is 17.5 Å². The highest BCUT2D eigenvalue weighted by atomic mass is 15.1. The first-order valence-electron chi connectivity index (χ1n) is 8.27. The van der Waals surface area contributed by atoms with Gasteiger partial charge in [-0.15, -0.1) is 0 Å². The average molecular weight is 312 g/mol. The van der Waals surface area contributed by atoms with Gasteiger partial charge in [-0.1, -0.05) is 39.8 Å². The fourth-order valence-electron chi connectivity index (χ4n) is 2.24. The molecule has 0 fully saturated rings. The Morgan fingerprint density at radius 1 is 1.09 bits per heavy atom. The summed E-state index contributed by atoms with van der Waals surface area (Å²) in [4.78, 5) is 9.03. The van der Waals surface area contributed by atoms with Gasteiger partial charge in [-0.3, -0.25) is 0 Å². The molecule has 0 aliphatic rings. The molecule has 0 saturated carbocycles. The summed E-state index contributed by atoms with van der Waals surface area (Å²) in [7, 11) is 0. The first kappa shape index (κ1) is 17.3. The van der Waals surface area contributed by atoms with E-state index in [9.17, 15) is 0 Å². The van der Waals surface area contributed by atoms with Crippen LogP contribution in [-0.4, -0.2) is 16.0 Å². The van der Waals surface area contributed by atoms with Crippen LogP contribution < -0.4 is 10.6 Å². The maximum absolute atomic E-state index is 4.55. The van der Waals surface area contributed by atoms with Crippen molar-refractivity contribution in [3.05, 3.63) is 41.6 Å². The molecule has 0 saturated heterocycles. The monoisotopic (exact) mass is 312 g/mol. The van der Waals surface area contributed by atoms with Crippen LogP contribution in [0.4, 0.5) is 17.5 Å². The summed E-state index contributed by atoms with van der Waals surface area (Å²) in [5.41, 5.74) is 3.41. The van der Waals surface area contributed by atoms with E-state index in [-0.39, 0.29) is 5.41 Å². The first-order chi connectivity index (χ1) is 10.8. The first-order valence-corrected chi connectivity index (χ1v) is 8.27. The van der Waals surface area contributed by atoms with Crippen molar-refractivity contribution < 1.29 is 0 Å². The molecule has 0 spiro atoms. The molecule has 1 aromatic heterocycles. The van der Waals surface area contributed by atoms with Crippen LogP contribution in [0.2, 0.25) is 0 Å². The summed E-state index contributed by atoms with van der Waals surface area (Å²) in [5.74, 6) is 1.49. The summed E-state index contributed by atoms with van der Waals surface area (Å²) in [6, 6.07) is 10.8. The van der Waals surface area contributed by atoms with Crippen LogP contribution in [-0.2, 0) is 5.41 Å². The normalized spacial score (nSPS) is 12.8. The Hall–Kier alpha value is -2.10. The number of hydrogen-bond donors (Lipinski definition) is 2. The van der Waals surface area contributed by atoms with Crippen LogP contribution in [0.3, 0.4) is 0 Å². The van der Waals surface area contributed by atoms with Crippen molar-refractivity contribution in [2.24, 2.45) is 0 Å². The minimum absolute atomic E-state index is 0.158. The number of nitrogens with one attached hydrogen (secondary N) is 2. The van der Waals surface area contributed by atoms with Crippen LogP contribution in [0.5, 0.6) is 0 Å². The van der Waals surface area contributed by atoms with Crippen LogP contribution in [0.1, 0.15) is 52.3 Å². The fourth-order valence-corrected chi connectivity index (χ4v) is 2.24. The number of rotatable bonds is 5. The Morgan fingerprint density at radius 2 is 1.74 bits per heavy atom. The van der Waals surface area contributed by atoms with Crippen molar-refractivity contribution in [1.82, 2.24) is 9.97 Å². The lowest BCUT2D eigenvalue weighted by Crippen LogP contribution is -2.15. The number of anilines is 3. The molecular formula is C19H28N4. The van der Waals surface area contributed by atoms with Gasteiger partial charge in [-0.2, -0.15) is 4.98 Å². The Bertz CT molecular complexity index is 641. The third kappa shape index (κ3) is 4.95. The largest absolute Gasteiger partial charge is 0.367 e. The predicted octanol–water partition coefficient (Wildman–Crippen LogP) is 5.04. The summed E-state index contributed by atoms with van der Waals surface area (Å²) < 4.78 is 0. The van der Waals surface area contributed by atoms with E-state index in [1.54, 1.807) is 0 Å². The highest BCUT2D eigenvalue weighted by Gasteiger charge is 2.13. The van der Waals surface area contributed by atoms with E-state index >= 15 is 0 Å². The number of benzene rings is 1. The zero-order valence-electron chi connectivity index (χ0n) is 15.1. The molecule has 2 aromatic rings. The van der Waals surface area contributed by atoms with Crippen LogP contribution in [0, 0.1) is 6.92 Å². The lowest BCUT2D eigenvalue weighted by molar-refractivity contribution is 0.590. The Labute approximate surface area is 139 Å². The SMILES string of the molecule is CCC(C)Nc1cc(C)nc(Nc2ccc(C(C)(C)C)cc2)n1. The quantitative estimate of drug-likeness (QED) is 0.812. The molecule has 0 radical (unpaired) electrons. The van der Waals surface area contributed by atoms with Crippen molar-refractivity contribution in [3.63, 3.8) is 0 Å². The summed E-state index contributed by atoms with van der Waals surface area (Å²) in [6.07, 6.45) is 1.06. The van der Waals surface area contributed by atoms with E-state index in [0.29, 0.717) is 12.0 Å². The maximum Gasteiger partial charge on any atom is 0.229 e. The molecular weight excluding hydrogens is 284 g/mol. The van der Waals surface area contributed by atoms with E-state index in [4.69, 9.17) is 0 Å². The smallest absolute Gasteiger partial charge is 0.229 e. The van der Waals surface area contributed by atoms with Gasteiger partial charge in [-0.25, -0.2) is 4.98 Å². The maximum atomic E-state index is 4.55. The number of nitrogens with zero attached hydrogens (tertiary/aromatic N) is 2. The van der Waals surface area contributed by atoms with E-state index in [1.165, 1.54) is 5.56 Å². The Balaban J connectivity index is 2.16.